The Balaban J connectivity index is 2.50. The van der Waals surface area contributed by atoms with E-state index in [1.54, 1.807) is 26.0 Å². The molecule has 0 aliphatic carbocycles. The smallest absolute Gasteiger partial charge is 0.343 e. The Morgan fingerprint density at radius 2 is 1.48 bits per heavy atom. The second-order valence-electron chi connectivity index (χ2n) is 5.56. The van der Waals surface area contributed by atoms with Gasteiger partial charge in [0.2, 0.25) is 0 Å². The molecule has 106 valence electrons. The molecule has 0 aliphatic heterocycles. The molecule has 1 heterocycles. The van der Waals surface area contributed by atoms with Gasteiger partial charge in [-0.2, -0.15) is 0 Å². The summed E-state index contributed by atoms with van der Waals surface area (Å²) >= 11 is 0. The van der Waals surface area contributed by atoms with Crippen molar-refractivity contribution in [1.82, 2.24) is 0 Å². The number of rotatable bonds is 2. The largest absolute Gasteiger partial charge is 0.424 e. The molecule has 0 atom stereocenters. The van der Waals surface area contributed by atoms with Crippen molar-refractivity contribution in [1.29, 1.82) is 0 Å². The lowest BCUT2D eigenvalue weighted by atomic mass is 9.92. The van der Waals surface area contributed by atoms with Crippen molar-refractivity contribution < 1.29 is 9.52 Å². The zero-order valence-corrected chi connectivity index (χ0v) is 12.0. The van der Waals surface area contributed by atoms with Crippen LogP contribution in [0.3, 0.4) is 0 Å². The van der Waals surface area contributed by atoms with Gasteiger partial charge in [-0.25, -0.2) is 4.79 Å². The summed E-state index contributed by atoms with van der Waals surface area (Å²) in [6.45, 7) is 3.24. The van der Waals surface area contributed by atoms with Crippen LogP contribution in [-0.4, -0.2) is 5.11 Å². The molecule has 0 spiro atoms. The number of hydrogen-bond donors (Lipinski definition) is 1. The third-order valence-corrected chi connectivity index (χ3v) is 3.46. The fourth-order valence-corrected chi connectivity index (χ4v) is 2.52. The van der Waals surface area contributed by atoms with Crippen LogP contribution in [0.1, 0.15) is 19.6 Å². The first-order valence-corrected chi connectivity index (χ1v) is 6.82. The molecule has 0 unspecified atom stereocenters. The first-order chi connectivity index (χ1) is 9.98. The summed E-state index contributed by atoms with van der Waals surface area (Å²) in [5, 5.41) is 11.7. The lowest BCUT2D eigenvalue weighted by molar-refractivity contribution is 0.0521. The highest BCUT2D eigenvalue weighted by atomic mass is 16.4. The first-order valence-electron chi connectivity index (χ1n) is 6.82. The van der Waals surface area contributed by atoms with Gasteiger partial charge in [0, 0.05) is 10.9 Å². The van der Waals surface area contributed by atoms with E-state index >= 15 is 0 Å². The van der Waals surface area contributed by atoms with E-state index in [2.05, 4.69) is 0 Å². The summed E-state index contributed by atoms with van der Waals surface area (Å²) in [5.41, 5.74) is 0.00393. The summed E-state index contributed by atoms with van der Waals surface area (Å²) in [6, 6.07) is 16.9. The van der Waals surface area contributed by atoms with Crippen LogP contribution < -0.4 is 5.63 Å². The maximum atomic E-state index is 12.2. The van der Waals surface area contributed by atoms with Crippen molar-refractivity contribution in [3.05, 3.63) is 70.8 Å². The standard InChI is InChI=1S/C18H16O3/c1-18(2,20)16-15(12-8-4-3-5-9-12)13-10-6-7-11-14(13)17(19)21-16/h3-11,20H,1-2H3. The molecule has 21 heavy (non-hydrogen) atoms. The number of aliphatic hydroxyl groups is 1. The van der Waals surface area contributed by atoms with Crippen LogP contribution in [0, 0.1) is 0 Å². The Kier molecular flexibility index (Phi) is 3.15. The number of benzene rings is 2. The van der Waals surface area contributed by atoms with Gasteiger partial charge in [0.25, 0.3) is 0 Å². The Hall–Kier alpha value is -2.39. The lowest BCUT2D eigenvalue weighted by Gasteiger charge is -2.21. The number of hydrogen-bond acceptors (Lipinski definition) is 3. The van der Waals surface area contributed by atoms with Crippen molar-refractivity contribution in [2.75, 3.05) is 0 Å². The number of fused-ring (bicyclic) bond motifs is 1. The van der Waals surface area contributed by atoms with Crippen LogP contribution in [0.25, 0.3) is 21.9 Å². The summed E-state index contributed by atoms with van der Waals surface area (Å²) in [4.78, 5) is 12.2. The minimum atomic E-state index is -1.24. The average Bonchev–Trinajstić information content (AvgIpc) is 2.47. The van der Waals surface area contributed by atoms with Gasteiger partial charge in [-0.15, -0.1) is 0 Å². The topological polar surface area (TPSA) is 50.4 Å². The van der Waals surface area contributed by atoms with Gasteiger partial charge < -0.3 is 9.52 Å². The van der Waals surface area contributed by atoms with Crippen molar-refractivity contribution in [3.8, 4) is 11.1 Å². The van der Waals surface area contributed by atoms with Crippen LogP contribution >= 0.6 is 0 Å². The van der Waals surface area contributed by atoms with E-state index in [0.717, 1.165) is 16.5 Å². The summed E-state index contributed by atoms with van der Waals surface area (Å²) in [7, 11) is 0. The van der Waals surface area contributed by atoms with Gasteiger partial charge in [-0.05, 0) is 25.5 Å². The highest BCUT2D eigenvalue weighted by molar-refractivity contribution is 5.96. The monoisotopic (exact) mass is 280 g/mol. The molecule has 0 bridgehead atoms. The first kappa shape index (κ1) is 13.6. The van der Waals surface area contributed by atoms with Gasteiger partial charge in [0.05, 0.1) is 5.39 Å². The van der Waals surface area contributed by atoms with Crippen molar-refractivity contribution in [3.63, 3.8) is 0 Å². The Labute approximate surface area is 122 Å². The highest BCUT2D eigenvalue weighted by Crippen LogP contribution is 2.35. The molecular weight excluding hydrogens is 264 g/mol. The molecule has 1 N–H and O–H groups in total. The van der Waals surface area contributed by atoms with Crippen molar-refractivity contribution >= 4 is 10.8 Å². The molecule has 2 aromatic carbocycles. The highest BCUT2D eigenvalue weighted by Gasteiger charge is 2.27. The molecule has 0 saturated heterocycles. The predicted octanol–water partition coefficient (Wildman–Crippen LogP) is 3.69. The zero-order chi connectivity index (χ0) is 15.0. The van der Waals surface area contributed by atoms with Crippen LogP contribution in [0.2, 0.25) is 0 Å². The molecule has 1 aromatic heterocycles. The quantitative estimate of drug-likeness (QED) is 0.779. The Morgan fingerprint density at radius 3 is 2.10 bits per heavy atom. The second-order valence-corrected chi connectivity index (χ2v) is 5.56. The van der Waals surface area contributed by atoms with E-state index in [-0.39, 0.29) is 5.76 Å². The van der Waals surface area contributed by atoms with E-state index < -0.39 is 11.2 Å². The van der Waals surface area contributed by atoms with Gasteiger partial charge >= 0.3 is 5.63 Å². The molecule has 3 aromatic rings. The Morgan fingerprint density at radius 1 is 0.905 bits per heavy atom. The molecule has 3 rings (SSSR count). The van der Waals surface area contributed by atoms with Crippen LogP contribution in [0.5, 0.6) is 0 Å². The molecule has 0 amide bonds. The predicted molar refractivity (Wildman–Crippen MR) is 83.2 cm³/mol. The molecular formula is C18H16O3. The van der Waals surface area contributed by atoms with E-state index in [4.69, 9.17) is 4.42 Å². The van der Waals surface area contributed by atoms with E-state index in [9.17, 15) is 9.90 Å². The maximum absolute atomic E-state index is 12.2. The molecule has 0 aliphatic rings. The van der Waals surface area contributed by atoms with E-state index in [0.29, 0.717) is 5.39 Å². The Bertz CT molecular complexity index is 840. The normalized spacial score (nSPS) is 11.8. The lowest BCUT2D eigenvalue weighted by Crippen LogP contribution is -2.20. The molecule has 0 fully saturated rings. The molecule has 0 radical (unpaired) electrons. The zero-order valence-electron chi connectivity index (χ0n) is 12.0. The minimum Gasteiger partial charge on any atom is -0.424 e. The van der Waals surface area contributed by atoms with E-state index in [1.165, 1.54) is 0 Å². The molecule has 3 heteroatoms. The summed E-state index contributed by atoms with van der Waals surface area (Å²) < 4.78 is 5.43. The van der Waals surface area contributed by atoms with E-state index in [1.807, 2.05) is 42.5 Å². The van der Waals surface area contributed by atoms with Crippen molar-refractivity contribution in [2.24, 2.45) is 0 Å². The molecule has 3 nitrogen and oxygen atoms in total. The van der Waals surface area contributed by atoms with Gasteiger partial charge in [-0.1, -0.05) is 48.5 Å². The van der Waals surface area contributed by atoms with Crippen LogP contribution in [0.15, 0.2) is 63.8 Å². The average molecular weight is 280 g/mol. The third kappa shape index (κ3) is 2.36. The van der Waals surface area contributed by atoms with Crippen LogP contribution in [0.4, 0.5) is 0 Å². The van der Waals surface area contributed by atoms with Gasteiger partial charge in [0.1, 0.15) is 11.4 Å². The van der Waals surface area contributed by atoms with Gasteiger partial charge in [0.15, 0.2) is 0 Å². The summed E-state index contributed by atoms with van der Waals surface area (Å²) in [5.74, 6) is 0.289. The maximum Gasteiger partial charge on any atom is 0.343 e. The summed E-state index contributed by atoms with van der Waals surface area (Å²) in [6.07, 6.45) is 0. The fourth-order valence-electron chi connectivity index (χ4n) is 2.52. The minimum absolute atomic E-state index is 0.289. The molecule has 0 saturated carbocycles. The van der Waals surface area contributed by atoms with Gasteiger partial charge in [-0.3, -0.25) is 0 Å². The fraction of sp³-hybridized carbons (Fsp3) is 0.167. The third-order valence-electron chi connectivity index (χ3n) is 3.46. The van der Waals surface area contributed by atoms with Crippen molar-refractivity contribution in [2.45, 2.75) is 19.4 Å². The van der Waals surface area contributed by atoms with Crippen LogP contribution in [-0.2, 0) is 5.60 Å². The SMILES string of the molecule is CC(C)(O)c1oc(=O)c2ccccc2c1-c1ccccc1. The second kappa shape index (κ2) is 4.86.